The minimum atomic E-state index is -1.02. The summed E-state index contributed by atoms with van der Waals surface area (Å²) in [5.41, 5.74) is 1.11. The molecule has 19 heavy (non-hydrogen) atoms. The van der Waals surface area contributed by atoms with Gasteiger partial charge in [0.05, 0.1) is 0 Å². The van der Waals surface area contributed by atoms with Gasteiger partial charge in [-0.1, -0.05) is 34.1 Å². The van der Waals surface area contributed by atoms with E-state index < -0.39 is 5.97 Å². The summed E-state index contributed by atoms with van der Waals surface area (Å²) in [5.74, 6) is -0.664. The quantitative estimate of drug-likeness (QED) is 0.843. The molecule has 0 bridgehead atoms. The summed E-state index contributed by atoms with van der Waals surface area (Å²) in [6.45, 7) is 0.323. The van der Waals surface area contributed by atoms with E-state index in [0.717, 1.165) is 10.0 Å². The third-order valence-electron chi connectivity index (χ3n) is 2.50. The van der Waals surface area contributed by atoms with Crippen LogP contribution in [0.15, 0.2) is 51.4 Å². The average Bonchev–Trinajstić information content (AvgIpc) is 2.37. The van der Waals surface area contributed by atoms with Gasteiger partial charge >= 0.3 is 5.97 Å². The maximum Gasteiger partial charge on any atom is 0.340 e. The molecule has 1 N–H and O–H groups in total. The average molecular weight is 386 g/mol. The van der Waals surface area contributed by atoms with Crippen LogP contribution in [-0.4, -0.2) is 11.1 Å². The molecule has 0 spiro atoms. The van der Waals surface area contributed by atoms with Crippen LogP contribution in [0.4, 0.5) is 0 Å². The fraction of sp³-hybridized carbons (Fsp3) is 0.0714. The molecule has 3 nitrogen and oxygen atoms in total. The third-order valence-corrected chi connectivity index (χ3v) is 3.69. The van der Waals surface area contributed by atoms with Crippen LogP contribution in [0.5, 0.6) is 5.75 Å². The highest BCUT2D eigenvalue weighted by atomic mass is 79.9. The van der Waals surface area contributed by atoms with E-state index >= 15 is 0 Å². The smallest absolute Gasteiger partial charge is 0.340 e. The van der Waals surface area contributed by atoms with Crippen molar-refractivity contribution < 1.29 is 14.6 Å². The van der Waals surface area contributed by atoms with Gasteiger partial charge in [0, 0.05) is 8.95 Å². The second kappa shape index (κ2) is 6.21. The number of hydrogen-bond donors (Lipinski definition) is 1. The van der Waals surface area contributed by atoms with Gasteiger partial charge in [-0.05, 0) is 45.8 Å². The van der Waals surface area contributed by atoms with Crippen LogP contribution in [0, 0.1) is 0 Å². The Hall–Kier alpha value is -1.33. The molecule has 0 unspecified atom stereocenters. The summed E-state index contributed by atoms with van der Waals surface area (Å²) < 4.78 is 7.08. The van der Waals surface area contributed by atoms with Gasteiger partial charge in [0.15, 0.2) is 0 Å². The monoisotopic (exact) mass is 384 g/mol. The van der Waals surface area contributed by atoms with E-state index in [1.165, 1.54) is 0 Å². The van der Waals surface area contributed by atoms with Gasteiger partial charge in [0.25, 0.3) is 0 Å². The largest absolute Gasteiger partial charge is 0.488 e. The standard InChI is InChI=1S/C14H10Br2O3/c15-10-6-4-9(5-7-10)8-19-12-3-1-2-11(16)13(12)14(17)18/h1-7H,8H2,(H,17,18). The normalized spacial score (nSPS) is 10.2. The summed E-state index contributed by atoms with van der Waals surface area (Å²) in [7, 11) is 0. The number of aromatic carboxylic acids is 1. The maximum absolute atomic E-state index is 11.2. The van der Waals surface area contributed by atoms with Crippen molar-refractivity contribution in [2.45, 2.75) is 6.61 Å². The second-order valence-corrected chi connectivity index (χ2v) is 5.60. The van der Waals surface area contributed by atoms with Crippen LogP contribution in [0.1, 0.15) is 15.9 Å². The summed E-state index contributed by atoms with van der Waals surface area (Å²) in [6, 6.07) is 12.7. The number of carbonyl (C=O) groups is 1. The topological polar surface area (TPSA) is 46.5 Å². The molecule has 0 saturated carbocycles. The van der Waals surface area contributed by atoms with E-state index in [4.69, 9.17) is 9.84 Å². The van der Waals surface area contributed by atoms with Crippen LogP contribution in [-0.2, 0) is 6.61 Å². The Morgan fingerprint density at radius 1 is 1.11 bits per heavy atom. The van der Waals surface area contributed by atoms with Gasteiger partial charge in [-0.3, -0.25) is 0 Å². The molecule has 2 rings (SSSR count). The number of carboxylic acids is 1. The summed E-state index contributed by atoms with van der Waals surface area (Å²) in [4.78, 5) is 11.2. The predicted molar refractivity (Wildman–Crippen MR) is 79.6 cm³/mol. The highest BCUT2D eigenvalue weighted by Crippen LogP contribution is 2.27. The Labute approximate surface area is 127 Å². The first-order chi connectivity index (χ1) is 9.08. The lowest BCUT2D eigenvalue weighted by molar-refractivity contribution is 0.0690. The van der Waals surface area contributed by atoms with Gasteiger partial charge < -0.3 is 9.84 Å². The third kappa shape index (κ3) is 3.58. The molecule has 0 amide bonds. The SMILES string of the molecule is O=C(O)c1c(Br)cccc1OCc1ccc(Br)cc1. The van der Waals surface area contributed by atoms with Crippen molar-refractivity contribution in [2.24, 2.45) is 0 Å². The first kappa shape index (κ1) is 14.1. The molecule has 0 aliphatic carbocycles. The van der Waals surface area contributed by atoms with Crippen molar-refractivity contribution in [1.29, 1.82) is 0 Å². The van der Waals surface area contributed by atoms with Gasteiger partial charge in [-0.2, -0.15) is 0 Å². The van der Waals surface area contributed by atoms with Crippen LogP contribution in [0.2, 0.25) is 0 Å². The Bertz CT molecular complexity index is 594. The molecule has 0 radical (unpaired) electrons. The van der Waals surface area contributed by atoms with Crippen LogP contribution >= 0.6 is 31.9 Å². The number of rotatable bonds is 4. The van der Waals surface area contributed by atoms with Crippen LogP contribution in [0.3, 0.4) is 0 Å². The number of halogens is 2. The molecule has 0 aliphatic rings. The molecule has 2 aromatic carbocycles. The highest BCUT2D eigenvalue weighted by molar-refractivity contribution is 9.10. The maximum atomic E-state index is 11.2. The molecule has 5 heteroatoms. The van der Waals surface area contributed by atoms with Crippen molar-refractivity contribution in [3.05, 3.63) is 62.5 Å². The molecular weight excluding hydrogens is 376 g/mol. The fourth-order valence-corrected chi connectivity index (χ4v) is 2.36. The molecule has 0 fully saturated rings. The Balaban J connectivity index is 2.18. The van der Waals surface area contributed by atoms with E-state index in [2.05, 4.69) is 31.9 Å². The van der Waals surface area contributed by atoms with Crippen molar-refractivity contribution in [2.75, 3.05) is 0 Å². The molecular formula is C14H10Br2O3. The zero-order valence-corrected chi connectivity index (χ0v) is 12.9. The summed E-state index contributed by atoms with van der Waals surface area (Å²) >= 11 is 6.57. The van der Waals surface area contributed by atoms with Gasteiger partial charge in [-0.25, -0.2) is 4.79 Å². The molecule has 0 aromatic heterocycles. The van der Waals surface area contributed by atoms with E-state index in [9.17, 15) is 4.79 Å². The Kier molecular flexibility index (Phi) is 4.61. The van der Waals surface area contributed by atoms with E-state index in [1.807, 2.05) is 24.3 Å². The number of ether oxygens (including phenoxy) is 1. The molecule has 0 saturated heterocycles. The fourth-order valence-electron chi connectivity index (χ4n) is 1.57. The van der Waals surface area contributed by atoms with E-state index in [-0.39, 0.29) is 5.56 Å². The minimum absolute atomic E-state index is 0.139. The first-order valence-corrected chi connectivity index (χ1v) is 7.05. The lowest BCUT2D eigenvalue weighted by Gasteiger charge is -2.10. The first-order valence-electron chi connectivity index (χ1n) is 5.47. The van der Waals surface area contributed by atoms with Gasteiger partial charge in [0.2, 0.25) is 0 Å². The lowest BCUT2D eigenvalue weighted by Crippen LogP contribution is -2.04. The van der Waals surface area contributed by atoms with Crippen molar-refractivity contribution in [3.8, 4) is 5.75 Å². The molecule has 0 atom stereocenters. The van der Waals surface area contributed by atoms with Gasteiger partial charge in [0.1, 0.15) is 17.9 Å². The van der Waals surface area contributed by atoms with E-state index in [1.54, 1.807) is 18.2 Å². The minimum Gasteiger partial charge on any atom is -0.488 e. The Morgan fingerprint density at radius 3 is 2.42 bits per heavy atom. The number of carboxylic acid groups (broad SMARTS) is 1. The van der Waals surface area contributed by atoms with Crippen LogP contribution in [0.25, 0.3) is 0 Å². The Morgan fingerprint density at radius 2 is 1.79 bits per heavy atom. The lowest BCUT2D eigenvalue weighted by atomic mass is 10.2. The van der Waals surface area contributed by atoms with E-state index in [0.29, 0.717) is 16.8 Å². The van der Waals surface area contributed by atoms with Crippen LogP contribution < -0.4 is 4.74 Å². The molecule has 0 aliphatic heterocycles. The zero-order valence-electron chi connectivity index (χ0n) is 9.77. The van der Waals surface area contributed by atoms with Gasteiger partial charge in [-0.15, -0.1) is 0 Å². The summed E-state index contributed by atoms with van der Waals surface area (Å²) in [6.07, 6.45) is 0. The van der Waals surface area contributed by atoms with Crippen molar-refractivity contribution in [1.82, 2.24) is 0 Å². The zero-order chi connectivity index (χ0) is 13.8. The summed E-state index contributed by atoms with van der Waals surface area (Å²) in [5, 5.41) is 9.16. The predicted octanol–water partition coefficient (Wildman–Crippen LogP) is 4.49. The molecule has 2 aromatic rings. The number of benzene rings is 2. The number of hydrogen-bond acceptors (Lipinski definition) is 2. The molecule has 98 valence electrons. The second-order valence-electron chi connectivity index (χ2n) is 3.83. The highest BCUT2D eigenvalue weighted by Gasteiger charge is 2.15. The van der Waals surface area contributed by atoms with Crippen molar-refractivity contribution >= 4 is 37.8 Å². The molecule has 0 heterocycles. The van der Waals surface area contributed by atoms with Crippen molar-refractivity contribution in [3.63, 3.8) is 0 Å².